The summed E-state index contributed by atoms with van der Waals surface area (Å²) in [4.78, 5) is 26.5. The van der Waals surface area contributed by atoms with Gasteiger partial charge in [-0.1, -0.05) is 0 Å². The summed E-state index contributed by atoms with van der Waals surface area (Å²) >= 11 is 0. The number of carbonyl (C=O) groups is 1. The number of hydrogen-bond donors (Lipinski definition) is 2. The number of amides is 1. The molecule has 134 valence electrons. The van der Waals surface area contributed by atoms with Crippen molar-refractivity contribution in [2.45, 2.75) is 50.2 Å². The molecule has 2 N–H and O–H groups in total. The molecule has 0 spiro atoms. The SMILES string of the molecule is O=C(N[C@@H]1C[C@H]2CC[C@@H]1O2)c1ccc2c(c1)[nH]c(=O)n2CC(F)(F)F. The van der Waals surface area contributed by atoms with E-state index in [0.717, 1.165) is 19.3 Å². The first-order chi connectivity index (χ1) is 11.8. The molecule has 2 fully saturated rings. The molecule has 0 aliphatic carbocycles. The van der Waals surface area contributed by atoms with Gasteiger partial charge >= 0.3 is 11.9 Å². The van der Waals surface area contributed by atoms with Crippen LogP contribution in [0.15, 0.2) is 23.0 Å². The van der Waals surface area contributed by atoms with E-state index in [-0.39, 0.29) is 40.8 Å². The molecule has 6 nitrogen and oxygen atoms in total. The van der Waals surface area contributed by atoms with E-state index in [2.05, 4.69) is 10.3 Å². The quantitative estimate of drug-likeness (QED) is 0.884. The highest BCUT2D eigenvalue weighted by Crippen LogP contribution is 2.34. The minimum Gasteiger partial charge on any atom is -0.373 e. The topological polar surface area (TPSA) is 76.1 Å². The summed E-state index contributed by atoms with van der Waals surface area (Å²) < 4.78 is 44.1. The van der Waals surface area contributed by atoms with Crippen LogP contribution in [0.5, 0.6) is 0 Å². The van der Waals surface area contributed by atoms with E-state index in [0.29, 0.717) is 4.57 Å². The molecule has 25 heavy (non-hydrogen) atoms. The number of ether oxygens (including phenoxy) is 1. The van der Waals surface area contributed by atoms with E-state index in [9.17, 15) is 22.8 Å². The van der Waals surface area contributed by atoms with Crippen molar-refractivity contribution in [1.82, 2.24) is 14.9 Å². The minimum atomic E-state index is -4.50. The van der Waals surface area contributed by atoms with Crippen molar-refractivity contribution in [2.75, 3.05) is 0 Å². The number of hydrogen-bond acceptors (Lipinski definition) is 3. The summed E-state index contributed by atoms with van der Waals surface area (Å²) in [7, 11) is 0. The van der Waals surface area contributed by atoms with Crippen molar-refractivity contribution in [3.8, 4) is 0 Å². The highest BCUT2D eigenvalue weighted by molar-refractivity contribution is 5.97. The van der Waals surface area contributed by atoms with E-state index in [1.54, 1.807) is 0 Å². The first kappa shape index (κ1) is 16.2. The Balaban J connectivity index is 1.57. The van der Waals surface area contributed by atoms with Crippen LogP contribution in [0.2, 0.25) is 0 Å². The number of alkyl halides is 3. The molecule has 2 aliphatic rings. The fourth-order valence-corrected chi connectivity index (χ4v) is 3.68. The third kappa shape index (κ3) is 3.04. The summed E-state index contributed by atoms with van der Waals surface area (Å²) in [5, 5.41) is 2.91. The van der Waals surface area contributed by atoms with Crippen LogP contribution in [0, 0.1) is 0 Å². The van der Waals surface area contributed by atoms with Crippen LogP contribution in [0.1, 0.15) is 29.6 Å². The van der Waals surface area contributed by atoms with Crippen LogP contribution in [-0.4, -0.2) is 39.9 Å². The van der Waals surface area contributed by atoms with Gasteiger partial charge in [0.05, 0.1) is 29.3 Å². The van der Waals surface area contributed by atoms with Crippen LogP contribution in [-0.2, 0) is 11.3 Å². The van der Waals surface area contributed by atoms with E-state index in [1.807, 2.05) is 0 Å². The number of nitrogens with zero attached hydrogens (tertiary/aromatic N) is 1. The molecule has 4 rings (SSSR count). The van der Waals surface area contributed by atoms with Crippen LogP contribution >= 0.6 is 0 Å². The number of imidazole rings is 1. The van der Waals surface area contributed by atoms with Gasteiger partial charge in [-0.15, -0.1) is 0 Å². The molecule has 1 aromatic heterocycles. The standard InChI is InChI=1S/C16H16F3N3O3/c17-16(18,19)7-22-12-3-1-8(5-10(12)21-15(22)24)14(23)20-11-6-9-2-4-13(11)25-9/h1,3,5,9,11,13H,2,4,6-7H2,(H,20,23)(H,21,24)/t9-,11-,13+/m1/s1. The second-order valence-corrected chi connectivity index (χ2v) is 6.55. The molecular weight excluding hydrogens is 339 g/mol. The molecule has 0 unspecified atom stereocenters. The normalized spacial score (nSPS) is 25.6. The number of H-pyrrole nitrogens is 1. The van der Waals surface area contributed by atoms with Gasteiger partial charge in [0, 0.05) is 5.56 Å². The number of aromatic nitrogens is 2. The number of fused-ring (bicyclic) bond motifs is 3. The first-order valence-electron chi connectivity index (χ1n) is 8.06. The average molecular weight is 355 g/mol. The molecule has 3 heterocycles. The third-order valence-corrected chi connectivity index (χ3v) is 4.80. The number of aromatic amines is 1. The number of carbonyl (C=O) groups excluding carboxylic acids is 1. The maximum Gasteiger partial charge on any atom is 0.406 e. The van der Waals surface area contributed by atoms with E-state index >= 15 is 0 Å². The van der Waals surface area contributed by atoms with E-state index in [4.69, 9.17) is 4.74 Å². The largest absolute Gasteiger partial charge is 0.406 e. The molecule has 1 amide bonds. The Labute approximate surface area is 140 Å². The zero-order valence-corrected chi connectivity index (χ0v) is 13.1. The van der Waals surface area contributed by atoms with Crippen LogP contribution < -0.4 is 11.0 Å². The molecule has 1 aromatic carbocycles. The molecule has 9 heteroatoms. The molecule has 0 radical (unpaired) electrons. The maximum atomic E-state index is 12.6. The summed E-state index contributed by atoms with van der Waals surface area (Å²) in [6.45, 7) is -1.38. The Bertz CT molecular complexity index is 886. The lowest BCUT2D eigenvalue weighted by molar-refractivity contribution is -0.140. The van der Waals surface area contributed by atoms with Crippen molar-refractivity contribution in [1.29, 1.82) is 0 Å². The molecule has 2 aliphatic heterocycles. The van der Waals surface area contributed by atoms with Gasteiger partial charge in [0.25, 0.3) is 5.91 Å². The smallest absolute Gasteiger partial charge is 0.373 e. The number of benzene rings is 1. The Hall–Kier alpha value is -2.29. The minimum absolute atomic E-state index is 0.0327. The second kappa shape index (κ2) is 5.62. The molecule has 2 saturated heterocycles. The van der Waals surface area contributed by atoms with Crippen molar-refractivity contribution in [3.05, 3.63) is 34.2 Å². The maximum absolute atomic E-state index is 12.6. The van der Waals surface area contributed by atoms with Gasteiger partial charge in [0.2, 0.25) is 0 Å². The van der Waals surface area contributed by atoms with Crippen molar-refractivity contribution in [2.24, 2.45) is 0 Å². The highest BCUT2D eigenvalue weighted by Gasteiger charge is 2.41. The van der Waals surface area contributed by atoms with Gasteiger partial charge < -0.3 is 15.0 Å². The number of halogens is 3. The van der Waals surface area contributed by atoms with E-state index in [1.165, 1.54) is 18.2 Å². The third-order valence-electron chi connectivity index (χ3n) is 4.80. The van der Waals surface area contributed by atoms with Gasteiger partial charge in [0.15, 0.2) is 0 Å². The fraction of sp³-hybridized carbons (Fsp3) is 0.500. The van der Waals surface area contributed by atoms with Gasteiger partial charge in [-0.25, -0.2) is 4.79 Å². The Kier molecular flexibility index (Phi) is 3.64. The molecule has 0 saturated carbocycles. The zero-order chi connectivity index (χ0) is 17.8. The summed E-state index contributed by atoms with van der Waals surface area (Å²) in [6.07, 6.45) is -1.57. The van der Waals surface area contributed by atoms with Crippen LogP contribution in [0.25, 0.3) is 11.0 Å². The molecule has 3 atom stereocenters. The number of nitrogens with one attached hydrogen (secondary N) is 2. The fourth-order valence-electron chi connectivity index (χ4n) is 3.68. The lowest BCUT2D eigenvalue weighted by atomic mass is 9.95. The molecule has 2 aromatic rings. The van der Waals surface area contributed by atoms with Gasteiger partial charge in [0.1, 0.15) is 6.54 Å². The van der Waals surface area contributed by atoms with Crippen LogP contribution in [0.4, 0.5) is 13.2 Å². The van der Waals surface area contributed by atoms with Crippen molar-refractivity contribution in [3.63, 3.8) is 0 Å². The zero-order valence-electron chi connectivity index (χ0n) is 13.1. The predicted molar refractivity (Wildman–Crippen MR) is 82.4 cm³/mol. The van der Waals surface area contributed by atoms with Crippen molar-refractivity contribution >= 4 is 16.9 Å². The van der Waals surface area contributed by atoms with Crippen molar-refractivity contribution < 1.29 is 22.7 Å². The van der Waals surface area contributed by atoms with Gasteiger partial charge in [-0.05, 0) is 37.5 Å². The van der Waals surface area contributed by atoms with Crippen LogP contribution in [0.3, 0.4) is 0 Å². The molecular formula is C16H16F3N3O3. The van der Waals surface area contributed by atoms with E-state index < -0.39 is 18.4 Å². The predicted octanol–water partition coefficient (Wildman–Crippen LogP) is 1.94. The molecule has 2 bridgehead atoms. The summed E-state index contributed by atoms with van der Waals surface area (Å²) in [5.41, 5.74) is -0.254. The highest BCUT2D eigenvalue weighted by atomic mass is 19.4. The Morgan fingerprint density at radius 1 is 1.36 bits per heavy atom. The number of rotatable bonds is 3. The second-order valence-electron chi connectivity index (χ2n) is 6.55. The van der Waals surface area contributed by atoms with Gasteiger partial charge in [-0.2, -0.15) is 13.2 Å². The Morgan fingerprint density at radius 2 is 2.16 bits per heavy atom. The summed E-state index contributed by atoms with van der Waals surface area (Å²) in [6, 6.07) is 4.13. The monoisotopic (exact) mass is 355 g/mol. The average Bonchev–Trinajstić information content (AvgIpc) is 3.21. The summed E-state index contributed by atoms with van der Waals surface area (Å²) in [5.74, 6) is -0.326. The van der Waals surface area contributed by atoms with Gasteiger partial charge in [-0.3, -0.25) is 9.36 Å². The first-order valence-corrected chi connectivity index (χ1v) is 8.06. The lowest BCUT2D eigenvalue weighted by Crippen LogP contribution is -2.41. The lowest BCUT2D eigenvalue weighted by Gasteiger charge is -2.20. The Morgan fingerprint density at radius 3 is 2.80 bits per heavy atom.